The number of anilines is 1. The number of hydrogen-bond acceptors (Lipinski definition) is 10. The SMILES string of the molecule is FC1=CCN=C(N/N=C/Cc2ccc(NC3=CC=C(N4CCNCC4)CC=C3)cn2)N=C1N1CCCOCC1. The third-order valence-corrected chi connectivity index (χ3v) is 6.73. The van der Waals surface area contributed by atoms with E-state index >= 15 is 0 Å². The first-order valence-electron chi connectivity index (χ1n) is 13.6. The zero-order chi connectivity index (χ0) is 26.7. The lowest BCUT2D eigenvalue weighted by Crippen LogP contribution is -2.42. The molecule has 0 radical (unpaired) electrons. The number of amidine groups is 1. The van der Waals surface area contributed by atoms with Gasteiger partial charge in [-0.05, 0) is 42.9 Å². The topological polar surface area (TPSA) is 102 Å². The van der Waals surface area contributed by atoms with Gasteiger partial charge >= 0.3 is 0 Å². The fraction of sp³-hybridized carbons (Fsp3) is 0.429. The average Bonchev–Trinajstić information content (AvgIpc) is 3.45. The smallest absolute Gasteiger partial charge is 0.241 e. The summed E-state index contributed by atoms with van der Waals surface area (Å²) in [7, 11) is 0. The van der Waals surface area contributed by atoms with Crippen molar-refractivity contribution >= 4 is 23.7 Å². The second kappa shape index (κ2) is 13.8. The second-order valence-corrected chi connectivity index (χ2v) is 9.52. The Morgan fingerprint density at radius 3 is 2.90 bits per heavy atom. The van der Waals surface area contributed by atoms with Crippen LogP contribution in [0.3, 0.4) is 0 Å². The molecule has 1 aliphatic carbocycles. The number of allylic oxidation sites excluding steroid dienone is 4. The molecule has 4 aliphatic rings. The van der Waals surface area contributed by atoms with Crippen molar-refractivity contribution in [2.45, 2.75) is 19.3 Å². The van der Waals surface area contributed by atoms with E-state index in [-0.39, 0.29) is 24.2 Å². The van der Waals surface area contributed by atoms with Crippen LogP contribution in [-0.2, 0) is 11.2 Å². The van der Waals surface area contributed by atoms with E-state index in [4.69, 9.17) is 4.74 Å². The van der Waals surface area contributed by atoms with E-state index in [0.29, 0.717) is 32.7 Å². The van der Waals surface area contributed by atoms with Crippen molar-refractivity contribution < 1.29 is 9.13 Å². The van der Waals surface area contributed by atoms with Crippen molar-refractivity contribution in [2.24, 2.45) is 15.1 Å². The third-order valence-electron chi connectivity index (χ3n) is 6.73. The summed E-state index contributed by atoms with van der Waals surface area (Å²) in [6.07, 6.45) is 15.9. The number of pyridine rings is 1. The molecule has 0 atom stereocenters. The Balaban J connectivity index is 1.12. The van der Waals surface area contributed by atoms with Crippen LogP contribution in [-0.4, -0.2) is 91.8 Å². The van der Waals surface area contributed by atoms with E-state index in [1.807, 2.05) is 23.2 Å². The molecule has 0 spiro atoms. The fourth-order valence-electron chi connectivity index (χ4n) is 4.65. The summed E-state index contributed by atoms with van der Waals surface area (Å²) in [5.74, 6) is 0.186. The molecule has 2 fully saturated rings. The molecule has 11 heteroatoms. The number of hydrogen-bond donors (Lipinski definition) is 3. The summed E-state index contributed by atoms with van der Waals surface area (Å²) in [4.78, 5) is 17.6. The normalized spacial score (nSPS) is 20.7. The molecule has 206 valence electrons. The van der Waals surface area contributed by atoms with Crippen molar-refractivity contribution in [2.75, 3.05) is 64.3 Å². The highest BCUT2D eigenvalue weighted by atomic mass is 19.1. The van der Waals surface area contributed by atoms with Gasteiger partial charge in [-0.3, -0.25) is 4.98 Å². The van der Waals surface area contributed by atoms with Crippen molar-refractivity contribution in [3.63, 3.8) is 0 Å². The first-order chi connectivity index (χ1) is 19.2. The number of rotatable bonds is 6. The standard InChI is InChI=1S/C28H36FN9O/c29-26-10-11-31-28(35-27(26)38-15-2-19-39-20-18-38)36-33-12-9-22-5-6-24(21-32-22)34-23-3-1-4-25(8-7-23)37-16-13-30-14-17-37/h1,3,5-8,10,12,21,30,34H,2,4,9,11,13-20H2,(H,31,36)/b33-12+. The number of guanidine groups is 1. The Morgan fingerprint density at radius 1 is 1.10 bits per heavy atom. The van der Waals surface area contributed by atoms with E-state index in [0.717, 1.165) is 56.1 Å². The number of halogens is 1. The number of nitrogens with zero attached hydrogens (tertiary/aromatic N) is 6. The molecule has 10 nitrogen and oxygen atoms in total. The van der Waals surface area contributed by atoms with Crippen LogP contribution in [0.5, 0.6) is 0 Å². The number of nitrogens with one attached hydrogen (secondary N) is 3. The first kappa shape index (κ1) is 26.8. The largest absolute Gasteiger partial charge is 0.380 e. The van der Waals surface area contributed by atoms with Crippen LogP contribution in [0.25, 0.3) is 0 Å². The zero-order valence-corrected chi connectivity index (χ0v) is 22.2. The van der Waals surface area contributed by atoms with Crippen molar-refractivity contribution in [3.8, 4) is 0 Å². The van der Waals surface area contributed by atoms with Gasteiger partial charge in [-0.25, -0.2) is 14.8 Å². The van der Waals surface area contributed by atoms with Crippen molar-refractivity contribution in [3.05, 3.63) is 71.6 Å². The average molecular weight is 534 g/mol. The monoisotopic (exact) mass is 533 g/mol. The van der Waals surface area contributed by atoms with Gasteiger partial charge < -0.3 is 25.2 Å². The highest BCUT2D eigenvalue weighted by Crippen LogP contribution is 2.18. The van der Waals surface area contributed by atoms with Gasteiger partial charge in [0.2, 0.25) is 5.96 Å². The molecule has 0 amide bonds. The summed E-state index contributed by atoms with van der Waals surface area (Å²) < 4.78 is 20.1. The third kappa shape index (κ3) is 7.84. The van der Waals surface area contributed by atoms with Crippen LogP contribution in [0.4, 0.5) is 10.1 Å². The van der Waals surface area contributed by atoms with Gasteiger partial charge in [0, 0.05) is 82.0 Å². The molecule has 0 bridgehead atoms. The maximum Gasteiger partial charge on any atom is 0.241 e. The van der Waals surface area contributed by atoms with E-state index in [2.05, 4.69) is 65.3 Å². The maximum atomic E-state index is 14.6. The van der Waals surface area contributed by atoms with E-state index in [1.54, 1.807) is 6.21 Å². The van der Waals surface area contributed by atoms with E-state index in [9.17, 15) is 4.39 Å². The molecule has 39 heavy (non-hydrogen) atoms. The molecule has 0 saturated carbocycles. The zero-order valence-electron chi connectivity index (χ0n) is 22.2. The highest BCUT2D eigenvalue weighted by molar-refractivity contribution is 6.04. The lowest BCUT2D eigenvalue weighted by molar-refractivity contribution is 0.147. The predicted molar refractivity (Wildman–Crippen MR) is 153 cm³/mol. The molecule has 2 saturated heterocycles. The number of aliphatic imine (C=N–C) groups is 2. The number of aromatic nitrogens is 1. The van der Waals surface area contributed by atoms with E-state index in [1.165, 1.54) is 11.8 Å². The fourth-order valence-corrected chi connectivity index (χ4v) is 4.65. The number of ether oxygens (including phenoxy) is 1. The molecule has 1 aromatic heterocycles. The molecular weight excluding hydrogens is 497 g/mol. The van der Waals surface area contributed by atoms with Gasteiger partial charge in [-0.15, -0.1) is 0 Å². The van der Waals surface area contributed by atoms with Crippen LogP contribution >= 0.6 is 0 Å². The quantitative estimate of drug-likeness (QED) is 0.382. The van der Waals surface area contributed by atoms with Gasteiger partial charge in [0.15, 0.2) is 11.7 Å². The summed E-state index contributed by atoms with van der Waals surface area (Å²) in [6.45, 7) is 6.87. The van der Waals surface area contributed by atoms with Crippen LogP contribution in [0.15, 0.2) is 81.0 Å². The summed E-state index contributed by atoms with van der Waals surface area (Å²) in [6, 6.07) is 3.98. The van der Waals surface area contributed by atoms with Gasteiger partial charge in [0.1, 0.15) is 0 Å². The summed E-state index contributed by atoms with van der Waals surface area (Å²) >= 11 is 0. The van der Waals surface area contributed by atoms with Gasteiger partial charge in [-0.2, -0.15) is 10.1 Å². The Kier molecular flexibility index (Phi) is 9.48. The molecule has 0 unspecified atom stereocenters. The Hall–Kier alpha value is -3.83. The highest BCUT2D eigenvalue weighted by Gasteiger charge is 2.20. The molecule has 4 heterocycles. The lowest BCUT2D eigenvalue weighted by atomic mass is 10.2. The van der Waals surface area contributed by atoms with Gasteiger partial charge in [0.25, 0.3) is 0 Å². The first-order valence-corrected chi connectivity index (χ1v) is 13.6. The molecule has 5 rings (SSSR count). The molecular formula is C28H36FN9O. The Morgan fingerprint density at radius 2 is 2.03 bits per heavy atom. The predicted octanol–water partition coefficient (Wildman–Crippen LogP) is 2.59. The number of hydrazone groups is 1. The minimum absolute atomic E-state index is 0.204. The maximum absolute atomic E-state index is 14.6. The minimum atomic E-state index is -0.370. The number of piperazine rings is 1. The Labute approximate surface area is 228 Å². The molecule has 3 aliphatic heterocycles. The van der Waals surface area contributed by atoms with E-state index < -0.39 is 0 Å². The summed E-state index contributed by atoms with van der Waals surface area (Å²) in [5.41, 5.74) is 7.02. The van der Waals surface area contributed by atoms with Crippen LogP contribution in [0, 0.1) is 0 Å². The summed E-state index contributed by atoms with van der Waals surface area (Å²) in [5, 5.41) is 11.1. The second-order valence-electron chi connectivity index (χ2n) is 9.52. The van der Waals surface area contributed by atoms with Crippen LogP contribution < -0.4 is 16.1 Å². The molecule has 1 aromatic rings. The van der Waals surface area contributed by atoms with Crippen LogP contribution in [0.2, 0.25) is 0 Å². The van der Waals surface area contributed by atoms with Gasteiger partial charge in [0.05, 0.1) is 25.0 Å². The Bertz CT molecular complexity index is 1190. The van der Waals surface area contributed by atoms with Crippen molar-refractivity contribution in [1.29, 1.82) is 0 Å². The minimum Gasteiger partial charge on any atom is -0.380 e. The molecule has 0 aromatic carbocycles. The van der Waals surface area contributed by atoms with Gasteiger partial charge in [-0.1, -0.05) is 6.08 Å². The lowest BCUT2D eigenvalue weighted by Gasteiger charge is -2.31. The van der Waals surface area contributed by atoms with Crippen molar-refractivity contribution in [1.82, 2.24) is 25.5 Å². The molecule has 3 N–H and O–H groups in total. The van der Waals surface area contributed by atoms with Crippen LogP contribution in [0.1, 0.15) is 18.5 Å².